The maximum absolute atomic E-state index is 2.39. The molecule has 47 heavy (non-hydrogen) atoms. The van der Waals surface area contributed by atoms with Crippen molar-refractivity contribution < 1.29 is 0 Å². The van der Waals surface area contributed by atoms with Gasteiger partial charge >= 0.3 is 0 Å². The Bertz CT molecular complexity index is 2390. The van der Waals surface area contributed by atoms with E-state index in [0.717, 1.165) is 22.7 Å². The maximum Gasteiger partial charge on any atom is 0.0541 e. The smallest absolute Gasteiger partial charge is 0.0541 e. The Balaban J connectivity index is 1.17. The number of hydrogen-bond donors (Lipinski definition) is 0. The third-order valence-corrected chi connectivity index (χ3v) is 9.96. The lowest BCUT2D eigenvalue weighted by Gasteiger charge is -2.27. The van der Waals surface area contributed by atoms with E-state index >= 15 is 0 Å². The van der Waals surface area contributed by atoms with Gasteiger partial charge in [-0.05, 0) is 94.0 Å². The molecule has 0 fully saturated rings. The van der Waals surface area contributed by atoms with Crippen LogP contribution in [0.15, 0.2) is 170 Å². The Morgan fingerprint density at radius 1 is 0.426 bits per heavy atom. The second-order valence-corrected chi connectivity index (χ2v) is 13.0. The Labute approximate surface area is 275 Å². The van der Waals surface area contributed by atoms with E-state index in [-0.39, 0.29) is 5.41 Å². The molecule has 0 saturated heterocycles. The van der Waals surface area contributed by atoms with Gasteiger partial charge in [-0.1, -0.05) is 123 Å². The van der Waals surface area contributed by atoms with Crippen LogP contribution in [0, 0.1) is 0 Å². The molecule has 0 unspecified atom stereocenters. The molecule has 1 aromatic heterocycles. The molecule has 2 nitrogen and oxygen atoms in total. The summed E-state index contributed by atoms with van der Waals surface area (Å²) in [5.74, 6) is 0. The first-order valence-electron chi connectivity index (χ1n) is 16.4. The van der Waals surface area contributed by atoms with Gasteiger partial charge in [0.25, 0.3) is 0 Å². The van der Waals surface area contributed by atoms with Crippen molar-refractivity contribution in [3.63, 3.8) is 0 Å². The Kier molecular flexibility index (Phi) is 6.20. The number of aromatic nitrogens is 1. The summed E-state index contributed by atoms with van der Waals surface area (Å²) in [5.41, 5.74) is 14.8. The van der Waals surface area contributed by atoms with Gasteiger partial charge in [0.15, 0.2) is 0 Å². The minimum Gasteiger partial charge on any atom is -0.310 e. The second-order valence-electron chi connectivity index (χ2n) is 13.0. The molecule has 9 rings (SSSR count). The molecule has 7 aromatic carbocycles. The van der Waals surface area contributed by atoms with Gasteiger partial charge in [0.2, 0.25) is 0 Å². The van der Waals surface area contributed by atoms with Crippen LogP contribution in [0.4, 0.5) is 17.1 Å². The molecule has 0 bridgehead atoms. The summed E-state index contributed by atoms with van der Waals surface area (Å²) in [6.07, 6.45) is 0. The Hall–Kier alpha value is -5.86. The zero-order valence-electron chi connectivity index (χ0n) is 26.6. The Morgan fingerprint density at radius 3 is 1.77 bits per heavy atom. The van der Waals surface area contributed by atoms with Crippen LogP contribution in [0.5, 0.6) is 0 Å². The summed E-state index contributed by atoms with van der Waals surface area (Å²) in [6.45, 7) is 4.67. The van der Waals surface area contributed by atoms with E-state index in [0.29, 0.717) is 0 Å². The Morgan fingerprint density at radius 2 is 1.00 bits per heavy atom. The van der Waals surface area contributed by atoms with Crippen LogP contribution in [0.3, 0.4) is 0 Å². The van der Waals surface area contributed by atoms with Gasteiger partial charge in [-0.2, -0.15) is 0 Å². The zero-order valence-corrected chi connectivity index (χ0v) is 26.6. The molecule has 1 aliphatic rings. The minimum absolute atomic E-state index is 0.0245. The van der Waals surface area contributed by atoms with Gasteiger partial charge in [0.05, 0.1) is 11.0 Å². The molecular weight excluding hydrogens is 569 g/mol. The lowest BCUT2D eigenvalue weighted by atomic mass is 9.82. The topological polar surface area (TPSA) is 8.17 Å². The summed E-state index contributed by atoms with van der Waals surface area (Å²) in [7, 11) is 0. The molecule has 0 atom stereocenters. The maximum atomic E-state index is 2.39. The van der Waals surface area contributed by atoms with Gasteiger partial charge in [-0.3, -0.25) is 0 Å². The van der Waals surface area contributed by atoms with Gasteiger partial charge in [0.1, 0.15) is 0 Å². The summed E-state index contributed by atoms with van der Waals surface area (Å²) < 4.78 is 2.39. The molecule has 2 heteroatoms. The molecule has 0 saturated carbocycles. The predicted molar refractivity (Wildman–Crippen MR) is 198 cm³/mol. The van der Waals surface area contributed by atoms with Crippen molar-refractivity contribution in [1.82, 2.24) is 4.57 Å². The van der Waals surface area contributed by atoms with E-state index in [1.54, 1.807) is 0 Å². The molecule has 0 spiro atoms. The summed E-state index contributed by atoms with van der Waals surface area (Å²) in [4.78, 5) is 2.38. The first-order chi connectivity index (χ1) is 23.1. The number of para-hydroxylation sites is 3. The third kappa shape index (κ3) is 4.33. The SMILES string of the molecule is CC1(C)c2ccccc2-c2cc(N(c3ccccc3)c3cccc(-c4cccc(-n5c6ccccc6c6ccccc65)c4)c3)ccc21. The summed E-state index contributed by atoms with van der Waals surface area (Å²) in [5, 5.41) is 2.55. The van der Waals surface area contributed by atoms with Crippen LogP contribution < -0.4 is 4.90 Å². The van der Waals surface area contributed by atoms with E-state index in [4.69, 9.17) is 0 Å². The van der Waals surface area contributed by atoms with Crippen molar-refractivity contribution in [2.24, 2.45) is 0 Å². The number of hydrogen-bond acceptors (Lipinski definition) is 1. The molecule has 1 heterocycles. The lowest BCUT2D eigenvalue weighted by molar-refractivity contribution is 0.660. The van der Waals surface area contributed by atoms with Gasteiger partial charge in [0, 0.05) is 38.9 Å². The molecule has 0 N–H and O–H groups in total. The summed E-state index contributed by atoms with van der Waals surface area (Å²) >= 11 is 0. The van der Waals surface area contributed by atoms with Gasteiger partial charge < -0.3 is 9.47 Å². The van der Waals surface area contributed by atoms with E-state index in [9.17, 15) is 0 Å². The van der Waals surface area contributed by atoms with Crippen molar-refractivity contribution in [2.45, 2.75) is 19.3 Å². The van der Waals surface area contributed by atoms with Gasteiger partial charge in [-0.15, -0.1) is 0 Å². The van der Waals surface area contributed by atoms with Crippen molar-refractivity contribution in [2.75, 3.05) is 4.90 Å². The molecule has 8 aromatic rings. The largest absolute Gasteiger partial charge is 0.310 e. The highest BCUT2D eigenvalue weighted by Gasteiger charge is 2.35. The van der Waals surface area contributed by atoms with E-state index < -0.39 is 0 Å². The third-order valence-electron chi connectivity index (χ3n) is 9.96. The molecule has 0 aliphatic heterocycles. The highest BCUT2D eigenvalue weighted by molar-refractivity contribution is 6.09. The van der Waals surface area contributed by atoms with Crippen LogP contribution >= 0.6 is 0 Å². The fourth-order valence-electron chi connectivity index (χ4n) is 7.72. The normalized spacial score (nSPS) is 13.1. The van der Waals surface area contributed by atoms with E-state index in [1.165, 1.54) is 55.2 Å². The van der Waals surface area contributed by atoms with Crippen LogP contribution in [-0.4, -0.2) is 4.57 Å². The van der Waals surface area contributed by atoms with Crippen LogP contribution in [0.25, 0.3) is 49.7 Å². The predicted octanol–water partition coefficient (Wildman–Crippen LogP) is 12.2. The molecule has 0 amide bonds. The highest BCUT2D eigenvalue weighted by Crippen LogP contribution is 2.50. The standard InChI is InChI=1S/C45H34N2/c1-45(2)41-23-9-6-20-37(41)40-30-36(26-27-42(40)45)46(33-16-4-3-5-17-33)34-18-12-14-31(28-34)32-15-13-19-35(29-32)47-43-24-10-7-21-38(43)39-22-8-11-25-44(39)47/h3-30H,1-2H3. The zero-order chi connectivity index (χ0) is 31.5. The van der Waals surface area contributed by atoms with Crippen molar-refractivity contribution >= 4 is 38.9 Å². The number of benzene rings is 7. The number of fused-ring (bicyclic) bond motifs is 6. The minimum atomic E-state index is -0.0245. The first kappa shape index (κ1) is 27.5. The lowest BCUT2D eigenvalue weighted by Crippen LogP contribution is -2.15. The number of anilines is 3. The van der Waals surface area contributed by atoms with Crippen molar-refractivity contribution in [3.05, 3.63) is 181 Å². The van der Waals surface area contributed by atoms with Crippen molar-refractivity contribution in [1.29, 1.82) is 0 Å². The highest BCUT2D eigenvalue weighted by atomic mass is 15.1. The van der Waals surface area contributed by atoms with Crippen molar-refractivity contribution in [3.8, 4) is 27.9 Å². The van der Waals surface area contributed by atoms with Gasteiger partial charge in [-0.25, -0.2) is 0 Å². The first-order valence-corrected chi connectivity index (χ1v) is 16.4. The van der Waals surface area contributed by atoms with E-state index in [1.807, 2.05) is 0 Å². The summed E-state index contributed by atoms with van der Waals surface area (Å²) in [6, 6.07) is 61.8. The molecule has 224 valence electrons. The fraction of sp³-hybridized carbons (Fsp3) is 0.0667. The van der Waals surface area contributed by atoms with Crippen LogP contribution in [-0.2, 0) is 5.41 Å². The molecule has 1 aliphatic carbocycles. The average molecular weight is 603 g/mol. The number of rotatable bonds is 5. The van der Waals surface area contributed by atoms with Crippen LogP contribution in [0.2, 0.25) is 0 Å². The molecular formula is C45H34N2. The molecule has 0 radical (unpaired) electrons. The second kappa shape index (κ2) is 10.6. The van der Waals surface area contributed by atoms with Crippen LogP contribution in [0.1, 0.15) is 25.0 Å². The fourth-order valence-corrected chi connectivity index (χ4v) is 7.72. The average Bonchev–Trinajstić information content (AvgIpc) is 3.58. The number of nitrogens with zero attached hydrogens (tertiary/aromatic N) is 2. The monoisotopic (exact) mass is 602 g/mol. The quantitative estimate of drug-likeness (QED) is 0.190. The van der Waals surface area contributed by atoms with E-state index in [2.05, 4.69) is 193 Å².